The zero-order valence-corrected chi connectivity index (χ0v) is 14.1. The second-order valence-corrected chi connectivity index (χ2v) is 4.07. The second-order valence-electron chi connectivity index (χ2n) is 4.07. The zero-order chi connectivity index (χ0) is 20.1. The van der Waals surface area contributed by atoms with E-state index in [1.165, 1.54) is 0 Å². The largest absolute Gasteiger partial charge is 1.00 e. The first-order chi connectivity index (χ1) is 11.4. The third-order valence-electron chi connectivity index (χ3n) is 2.26. The number of alkyl halides is 6. The Labute approximate surface area is 162 Å². The third kappa shape index (κ3) is 17.9. The molecule has 0 aliphatic carbocycles. The number of halogens is 6. The fourth-order valence-corrected chi connectivity index (χ4v) is 1.21. The van der Waals surface area contributed by atoms with Crippen LogP contribution in [0, 0.1) is 0 Å². The highest BCUT2D eigenvalue weighted by molar-refractivity contribution is 6.32. The van der Waals surface area contributed by atoms with Crippen molar-refractivity contribution in [2.24, 2.45) is 0 Å². The maximum Gasteiger partial charge on any atom is 1.00 e. The van der Waals surface area contributed by atoms with Gasteiger partial charge in [0.05, 0.1) is 11.1 Å². The average molecular weight is 408 g/mol. The highest BCUT2D eigenvalue weighted by Gasteiger charge is 2.35. The van der Waals surface area contributed by atoms with Gasteiger partial charge in [0, 0.05) is 26.4 Å². The highest BCUT2D eigenvalue weighted by Crippen LogP contribution is 2.34. The van der Waals surface area contributed by atoms with Crippen LogP contribution in [-0.4, -0.2) is 34.3 Å². The molecule has 0 saturated heterocycles. The molecule has 0 unspecified atom stereocenters. The monoisotopic (exact) mass is 408 g/mol. The Balaban J connectivity index is -0.000000115. The maximum atomic E-state index is 12.2. The Bertz CT molecular complexity index is 426. The van der Waals surface area contributed by atoms with E-state index in [1.54, 1.807) is 0 Å². The van der Waals surface area contributed by atoms with Crippen LogP contribution in [0.3, 0.4) is 0 Å². The minimum Gasteiger partial charge on any atom is -0.382 e. The van der Waals surface area contributed by atoms with Gasteiger partial charge >= 0.3 is 13.8 Å². The average Bonchev–Trinajstić information content (AvgIpc) is 2.48. The van der Waals surface area contributed by atoms with Crippen molar-refractivity contribution in [2.75, 3.05) is 26.4 Å². The van der Waals surface area contributed by atoms with Crippen LogP contribution in [0.5, 0.6) is 0 Å². The van der Waals surface area contributed by atoms with E-state index in [1.807, 2.05) is 27.7 Å². The molecule has 0 N–H and O–H groups in total. The molecule has 0 saturated carbocycles. The van der Waals surface area contributed by atoms with E-state index in [9.17, 15) is 26.3 Å². The SMILES string of the molecule is C.C.CCOCC.CCOCC.[BH3-]c1cc(C(F)(F)F)cc(C(F)(F)F)c1.[H+]. The zero-order valence-electron chi connectivity index (χ0n) is 15.1. The van der Waals surface area contributed by atoms with Gasteiger partial charge in [-0.05, 0) is 41.6 Å². The molecular weight excluding hydrogens is 373 g/mol. The van der Waals surface area contributed by atoms with Crippen LogP contribution < -0.4 is 5.46 Å². The lowest BCUT2D eigenvalue weighted by atomic mass is 9.91. The number of ether oxygens (including phenoxy) is 2. The van der Waals surface area contributed by atoms with Gasteiger partial charge in [0.15, 0.2) is 0 Å². The Morgan fingerprint density at radius 1 is 0.704 bits per heavy atom. The molecule has 1 aromatic carbocycles. The molecule has 0 atom stereocenters. The van der Waals surface area contributed by atoms with E-state index >= 15 is 0 Å². The molecule has 0 radical (unpaired) electrons. The molecule has 0 aromatic heterocycles. The van der Waals surface area contributed by atoms with Crippen LogP contribution in [0.1, 0.15) is 55.1 Å². The molecule has 0 fully saturated rings. The predicted octanol–water partition coefficient (Wildman–Crippen LogP) is 5.19. The molecule has 1 aromatic rings. The fourth-order valence-electron chi connectivity index (χ4n) is 1.21. The van der Waals surface area contributed by atoms with Crippen molar-refractivity contribution in [3.8, 4) is 0 Å². The number of rotatable bonds is 4. The summed E-state index contributed by atoms with van der Waals surface area (Å²) in [6, 6.07) is 1.72. The van der Waals surface area contributed by atoms with E-state index in [2.05, 4.69) is 0 Å². The quantitative estimate of drug-likeness (QED) is 0.505. The summed E-state index contributed by atoms with van der Waals surface area (Å²) >= 11 is 0. The highest BCUT2D eigenvalue weighted by atomic mass is 19.4. The molecule has 0 spiro atoms. The summed E-state index contributed by atoms with van der Waals surface area (Å²) in [5.74, 6) is 0. The van der Waals surface area contributed by atoms with E-state index in [0.29, 0.717) is 0 Å². The normalized spacial score (nSPS) is 10.3. The van der Waals surface area contributed by atoms with Gasteiger partial charge in [-0.3, -0.25) is 0 Å². The van der Waals surface area contributed by atoms with Crippen molar-refractivity contribution in [3.05, 3.63) is 29.3 Å². The first kappa shape index (κ1) is 33.4. The molecule has 2 nitrogen and oxygen atoms in total. The lowest BCUT2D eigenvalue weighted by molar-refractivity contribution is -0.142. The first-order valence-corrected chi connectivity index (χ1v) is 7.35. The summed E-state index contributed by atoms with van der Waals surface area (Å²) in [5.41, 5.74) is -2.26. The van der Waals surface area contributed by atoms with Crippen LogP contribution in [0.2, 0.25) is 0 Å². The Kier molecular flexibility index (Phi) is 20.9. The van der Waals surface area contributed by atoms with E-state index in [0.717, 1.165) is 38.6 Å². The molecule has 0 aliphatic heterocycles. The number of hydrogen-bond donors (Lipinski definition) is 0. The van der Waals surface area contributed by atoms with E-state index in [-0.39, 0.29) is 27.8 Å². The van der Waals surface area contributed by atoms with E-state index in [4.69, 9.17) is 9.47 Å². The summed E-state index contributed by atoms with van der Waals surface area (Å²) in [5, 5.41) is 0. The number of benzene rings is 1. The molecular formula is C18H35BF6O2. The Hall–Kier alpha value is -1.22. The second kappa shape index (κ2) is 16.9. The van der Waals surface area contributed by atoms with Crippen molar-refractivity contribution >= 4 is 13.3 Å². The number of hydrogen-bond acceptors (Lipinski definition) is 2. The topological polar surface area (TPSA) is 18.5 Å². The lowest BCUT2D eigenvalue weighted by Crippen LogP contribution is -2.16. The van der Waals surface area contributed by atoms with Crippen molar-refractivity contribution in [1.29, 1.82) is 0 Å². The van der Waals surface area contributed by atoms with Gasteiger partial charge in [0.1, 0.15) is 0 Å². The van der Waals surface area contributed by atoms with Gasteiger partial charge in [-0.2, -0.15) is 26.3 Å². The lowest BCUT2D eigenvalue weighted by Gasteiger charge is -2.14. The third-order valence-corrected chi connectivity index (χ3v) is 2.26. The van der Waals surface area contributed by atoms with Gasteiger partial charge in [0.2, 0.25) is 0 Å². The standard InChI is InChI=1S/C8H6BF6.2C4H10O.2CH4/c9-6-2-4(7(10,11)12)1-5(3-6)8(13,14)15;2*1-3-5-4-2;;/h1-3H,9H3;2*3-4H2,1-2H3;2*1H4/q-1;;;;/p+1. The van der Waals surface area contributed by atoms with Gasteiger partial charge in [0.25, 0.3) is 0 Å². The molecule has 0 heterocycles. The van der Waals surface area contributed by atoms with Crippen molar-refractivity contribution in [1.82, 2.24) is 0 Å². The Morgan fingerprint density at radius 2 is 0.963 bits per heavy atom. The minimum atomic E-state index is -4.72. The van der Waals surface area contributed by atoms with E-state index < -0.39 is 31.3 Å². The summed E-state index contributed by atoms with van der Waals surface area (Å²) < 4.78 is 82.8. The summed E-state index contributed by atoms with van der Waals surface area (Å²) in [6.45, 7) is 11.3. The van der Waals surface area contributed by atoms with Crippen LogP contribution in [0.25, 0.3) is 0 Å². The summed E-state index contributed by atoms with van der Waals surface area (Å²) in [6.07, 6.45) is -9.44. The predicted molar refractivity (Wildman–Crippen MR) is 105 cm³/mol. The van der Waals surface area contributed by atoms with Crippen LogP contribution in [0.15, 0.2) is 18.2 Å². The molecule has 1 rings (SSSR count). The molecule has 27 heavy (non-hydrogen) atoms. The maximum absolute atomic E-state index is 12.2. The van der Waals surface area contributed by atoms with Gasteiger partial charge < -0.3 is 9.47 Å². The molecule has 0 aliphatic rings. The van der Waals surface area contributed by atoms with Gasteiger partial charge in [-0.1, -0.05) is 27.0 Å². The van der Waals surface area contributed by atoms with Gasteiger partial charge in [-0.15, -0.1) is 0 Å². The molecule has 164 valence electrons. The smallest absolute Gasteiger partial charge is 0.382 e. The Morgan fingerprint density at radius 3 is 1.11 bits per heavy atom. The van der Waals surface area contributed by atoms with Crippen molar-refractivity contribution in [2.45, 2.75) is 54.9 Å². The minimum absolute atomic E-state index is 0. The fraction of sp³-hybridized carbons (Fsp3) is 0.667. The van der Waals surface area contributed by atoms with Crippen LogP contribution in [-0.2, 0) is 21.8 Å². The van der Waals surface area contributed by atoms with Gasteiger partial charge in [-0.25, -0.2) is 5.46 Å². The summed E-state index contributed by atoms with van der Waals surface area (Å²) in [7, 11) is -0.699. The molecule has 9 heteroatoms. The molecule has 0 amide bonds. The van der Waals surface area contributed by atoms with Crippen LogP contribution >= 0.6 is 0 Å². The van der Waals surface area contributed by atoms with Crippen LogP contribution in [0.4, 0.5) is 26.3 Å². The van der Waals surface area contributed by atoms with Crippen molar-refractivity contribution < 1.29 is 37.2 Å². The summed E-state index contributed by atoms with van der Waals surface area (Å²) in [4.78, 5) is 0. The molecule has 0 bridgehead atoms. The van der Waals surface area contributed by atoms with Crippen molar-refractivity contribution in [3.63, 3.8) is 0 Å². The first-order valence-electron chi connectivity index (χ1n) is 7.35.